The van der Waals surface area contributed by atoms with E-state index < -0.39 is 37.7 Å². The Balaban J connectivity index is 1.65. The van der Waals surface area contributed by atoms with E-state index in [1.54, 1.807) is 54.8 Å². The predicted octanol–water partition coefficient (Wildman–Crippen LogP) is 3.06. The molecule has 174 valence electrons. The summed E-state index contributed by atoms with van der Waals surface area (Å²) >= 11 is 0.931. The number of aliphatic imine (C=N–C) groups is 1. The van der Waals surface area contributed by atoms with Gasteiger partial charge in [-0.25, -0.2) is 9.59 Å². The molecule has 0 saturated heterocycles. The van der Waals surface area contributed by atoms with Gasteiger partial charge in [0.15, 0.2) is 5.17 Å². The van der Waals surface area contributed by atoms with Crippen LogP contribution in [-0.4, -0.2) is 49.1 Å². The zero-order valence-corrected chi connectivity index (χ0v) is 18.5. The van der Waals surface area contributed by atoms with Crippen LogP contribution in [0.25, 0.3) is 0 Å². The van der Waals surface area contributed by atoms with E-state index in [1.165, 1.54) is 0 Å². The molecular weight excluding hydrogens is 452 g/mol. The first-order valence-electron chi connectivity index (χ1n) is 9.58. The van der Waals surface area contributed by atoms with Crippen molar-refractivity contribution < 1.29 is 38.1 Å². The number of rotatable bonds is 8. The van der Waals surface area contributed by atoms with E-state index in [0.717, 1.165) is 22.9 Å². The Morgan fingerprint density at radius 3 is 1.73 bits per heavy atom. The SMILES string of the molecule is CS/C(=N\C(=O)OCOC(=O)Cc1ccccc1)NC(=O)OCOC(=O)Cc1ccccc1. The topological polar surface area (TPSA) is 130 Å². The molecule has 33 heavy (non-hydrogen) atoms. The standard InChI is InChI=1S/C22H22N2O8S/c1-33-20(23-21(27)31-14-29-18(25)12-16-8-4-2-5-9-16)24-22(28)32-15-30-19(26)13-17-10-6-3-7-11-17/h2-11H,12-15H2,1H3,(H,23,24,27,28). The van der Waals surface area contributed by atoms with E-state index in [0.29, 0.717) is 0 Å². The van der Waals surface area contributed by atoms with Crippen LogP contribution in [0.4, 0.5) is 9.59 Å². The summed E-state index contributed by atoms with van der Waals surface area (Å²) in [7, 11) is 0. The first-order valence-corrected chi connectivity index (χ1v) is 10.8. The molecule has 0 aliphatic carbocycles. The maximum atomic E-state index is 11.8. The summed E-state index contributed by atoms with van der Waals surface area (Å²) in [6.45, 7) is -1.24. The molecular formula is C22H22N2O8S. The number of amides is 2. The second-order valence-electron chi connectivity index (χ2n) is 6.18. The van der Waals surface area contributed by atoms with Crippen LogP contribution in [0.3, 0.4) is 0 Å². The van der Waals surface area contributed by atoms with E-state index in [1.807, 2.05) is 12.1 Å². The summed E-state index contributed by atoms with van der Waals surface area (Å²) in [6.07, 6.45) is -0.461. The molecule has 0 unspecified atom stereocenters. The molecule has 0 heterocycles. The number of alkyl carbamates (subject to hydrolysis) is 1. The first-order chi connectivity index (χ1) is 16.0. The third-order valence-corrected chi connectivity index (χ3v) is 4.37. The van der Waals surface area contributed by atoms with Crippen molar-refractivity contribution in [3.8, 4) is 0 Å². The molecule has 2 rings (SSSR count). The van der Waals surface area contributed by atoms with Gasteiger partial charge in [-0.1, -0.05) is 72.4 Å². The monoisotopic (exact) mass is 474 g/mol. The normalized spacial score (nSPS) is 10.6. The summed E-state index contributed by atoms with van der Waals surface area (Å²) in [4.78, 5) is 50.4. The fourth-order valence-electron chi connectivity index (χ4n) is 2.28. The van der Waals surface area contributed by atoms with Gasteiger partial charge in [-0.2, -0.15) is 4.99 Å². The van der Waals surface area contributed by atoms with Crippen molar-refractivity contribution in [2.24, 2.45) is 4.99 Å². The second kappa shape index (κ2) is 14.2. The van der Waals surface area contributed by atoms with Crippen LogP contribution >= 0.6 is 11.8 Å². The van der Waals surface area contributed by atoms with Crippen molar-refractivity contribution in [2.75, 3.05) is 19.8 Å². The molecule has 0 fully saturated rings. The lowest BCUT2D eigenvalue weighted by Gasteiger charge is -2.08. The summed E-state index contributed by atoms with van der Waals surface area (Å²) in [6, 6.07) is 17.8. The highest BCUT2D eigenvalue weighted by Gasteiger charge is 2.12. The van der Waals surface area contributed by atoms with Gasteiger partial charge in [0.1, 0.15) is 0 Å². The highest BCUT2D eigenvalue weighted by molar-refractivity contribution is 8.13. The summed E-state index contributed by atoms with van der Waals surface area (Å²) in [5.74, 6) is -1.15. The molecule has 0 aromatic heterocycles. The first kappa shape index (κ1) is 25.4. The number of carbonyl (C=O) groups excluding carboxylic acids is 4. The van der Waals surface area contributed by atoms with Crippen LogP contribution in [0.2, 0.25) is 0 Å². The Hall–Kier alpha value is -3.86. The average molecular weight is 474 g/mol. The van der Waals surface area contributed by atoms with Crippen molar-refractivity contribution in [1.29, 1.82) is 0 Å². The third-order valence-electron chi connectivity index (χ3n) is 3.79. The number of ether oxygens (including phenoxy) is 4. The Morgan fingerprint density at radius 1 is 0.758 bits per heavy atom. The fraction of sp³-hybridized carbons (Fsp3) is 0.227. The molecule has 0 aliphatic heterocycles. The number of nitrogens with one attached hydrogen (secondary N) is 1. The van der Waals surface area contributed by atoms with Gasteiger partial charge in [0, 0.05) is 0 Å². The number of thioether (sulfide) groups is 1. The van der Waals surface area contributed by atoms with E-state index in [-0.39, 0.29) is 18.0 Å². The van der Waals surface area contributed by atoms with Gasteiger partial charge in [-0.3, -0.25) is 14.9 Å². The molecule has 10 nitrogen and oxygen atoms in total. The van der Waals surface area contributed by atoms with Crippen molar-refractivity contribution in [3.05, 3.63) is 71.8 Å². The number of amidine groups is 1. The molecule has 0 saturated carbocycles. The number of nitrogens with zero attached hydrogens (tertiary/aromatic N) is 1. The minimum Gasteiger partial charge on any atom is -0.428 e. The van der Waals surface area contributed by atoms with Crippen LogP contribution in [0, 0.1) is 0 Å². The number of hydrogen-bond donors (Lipinski definition) is 1. The molecule has 2 amide bonds. The minimum absolute atomic E-state index is 0.0288. The van der Waals surface area contributed by atoms with Crippen LogP contribution in [0.5, 0.6) is 0 Å². The van der Waals surface area contributed by atoms with Crippen molar-refractivity contribution >= 4 is 41.1 Å². The Labute approximate surface area is 194 Å². The van der Waals surface area contributed by atoms with Crippen LogP contribution < -0.4 is 5.32 Å². The summed E-state index contributed by atoms with van der Waals surface area (Å²) < 4.78 is 19.0. The van der Waals surface area contributed by atoms with E-state index >= 15 is 0 Å². The largest absolute Gasteiger partial charge is 0.438 e. The molecule has 0 spiro atoms. The lowest BCUT2D eigenvalue weighted by molar-refractivity contribution is -0.152. The maximum Gasteiger partial charge on any atom is 0.438 e. The molecule has 0 aliphatic rings. The molecule has 2 aromatic carbocycles. The zero-order chi connectivity index (χ0) is 23.9. The fourth-order valence-corrected chi connectivity index (χ4v) is 2.64. The molecule has 1 N–H and O–H groups in total. The predicted molar refractivity (Wildman–Crippen MR) is 119 cm³/mol. The van der Waals surface area contributed by atoms with Crippen LogP contribution in [-0.2, 0) is 41.4 Å². The lowest BCUT2D eigenvalue weighted by Crippen LogP contribution is -2.31. The summed E-state index contributed by atoms with van der Waals surface area (Å²) in [5.41, 5.74) is 1.51. The van der Waals surface area contributed by atoms with Gasteiger partial charge >= 0.3 is 24.1 Å². The molecule has 0 bridgehead atoms. The van der Waals surface area contributed by atoms with Crippen LogP contribution in [0.15, 0.2) is 65.7 Å². The average Bonchev–Trinajstić information content (AvgIpc) is 2.80. The molecule has 11 heteroatoms. The van der Waals surface area contributed by atoms with Crippen molar-refractivity contribution in [1.82, 2.24) is 5.32 Å². The Bertz CT molecular complexity index is 967. The van der Waals surface area contributed by atoms with Gasteiger partial charge in [0.05, 0.1) is 12.8 Å². The van der Waals surface area contributed by atoms with Gasteiger partial charge in [-0.15, -0.1) is 0 Å². The number of benzene rings is 2. The van der Waals surface area contributed by atoms with Crippen molar-refractivity contribution in [3.63, 3.8) is 0 Å². The number of esters is 2. The molecule has 2 aromatic rings. The molecule has 0 atom stereocenters. The quantitative estimate of drug-likeness (QED) is 0.265. The summed E-state index contributed by atoms with van der Waals surface area (Å²) in [5, 5.41) is 2.08. The highest BCUT2D eigenvalue weighted by Crippen LogP contribution is 2.03. The van der Waals surface area contributed by atoms with Gasteiger partial charge in [0.25, 0.3) is 0 Å². The molecule has 0 radical (unpaired) electrons. The lowest BCUT2D eigenvalue weighted by atomic mass is 10.2. The number of hydrogen-bond acceptors (Lipinski definition) is 9. The Kier molecular flexibility index (Phi) is 11.0. The maximum absolute atomic E-state index is 11.8. The third kappa shape index (κ3) is 10.8. The highest BCUT2D eigenvalue weighted by atomic mass is 32.2. The van der Waals surface area contributed by atoms with Crippen molar-refractivity contribution in [2.45, 2.75) is 12.8 Å². The Morgan fingerprint density at radius 2 is 1.24 bits per heavy atom. The minimum atomic E-state index is -1.08. The van der Waals surface area contributed by atoms with Crippen LogP contribution in [0.1, 0.15) is 11.1 Å². The number of carbonyl (C=O) groups is 4. The zero-order valence-electron chi connectivity index (χ0n) is 17.7. The van der Waals surface area contributed by atoms with E-state index in [9.17, 15) is 19.2 Å². The van der Waals surface area contributed by atoms with Gasteiger partial charge < -0.3 is 18.9 Å². The van der Waals surface area contributed by atoms with Gasteiger partial charge in [-0.05, 0) is 17.4 Å². The van der Waals surface area contributed by atoms with E-state index in [2.05, 4.69) is 15.0 Å². The van der Waals surface area contributed by atoms with Gasteiger partial charge in [0.2, 0.25) is 13.6 Å². The second-order valence-corrected chi connectivity index (χ2v) is 6.98. The smallest absolute Gasteiger partial charge is 0.428 e. The van der Waals surface area contributed by atoms with E-state index in [4.69, 9.17) is 14.2 Å².